The zero-order chi connectivity index (χ0) is 10.7. The number of hydrogen-bond donors (Lipinski definition) is 0. The molecule has 1 saturated heterocycles. The molecule has 4 heteroatoms. The van der Waals surface area contributed by atoms with Crippen LogP contribution < -0.4 is 0 Å². The average molecular weight is 202 g/mol. The van der Waals surface area contributed by atoms with Crippen molar-refractivity contribution in [3.63, 3.8) is 0 Å². The van der Waals surface area contributed by atoms with Crippen molar-refractivity contribution in [2.75, 3.05) is 21.3 Å². The van der Waals surface area contributed by atoms with E-state index in [1.54, 1.807) is 21.3 Å². The van der Waals surface area contributed by atoms with Gasteiger partial charge in [0.25, 0.3) is 0 Å². The van der Waals surface area contributed by atoms with Crippen LogP contribution >= 0.6 is 0 Å². The highest BCUT2D eigenvalue weighted by atomic mass is 16.7. The molecule has 1 aliphatic rings. The molecule has 1 fully saturated rings. The van der Waals surface area contributed by atoms with E-state index in [9.17, 15) is 0 Å². The molecule has 4 nitrogen and oxygen atoms in total. The van der Waals surface area contributed by atoms with Crippen molar-refractivity contribution in [3.8, 4) is 0 Å². The summed E-state index contributed by atoms with van der Waals surface area (Å²) in [4.78, 5) is 0. The van der Waals surface area contributed by atoms with E-state index in [1.807, 2.05) is 6.92 Å². The molecule has 0 saturated carbocycles. The van der Waals surface area contributed by atoms with Crippen LogP contribution in [0.5, 0.6) is 0 Å². The first-order valence-electron chi connectivity index (χ1n) is 4.58. The lowest BCUT2D eigenvalue weighted by atomic mass is 9.98. The highest BCUT2D eigenvalue weighted by molar-refractivity contribution is 5.14. The van der Waals surface area contributed by atoms with Gasteiger partial charge < -0.3 is 18.9 Å². The summed E-state index contributed by atoms with van der Waals surface area (Å²) < 4.78 is 21.3. The van der Waals surface area contributed by atoms with E-state index in [-0.39, 0.29) is 18.3 Å². The Morgan fingerprint density at radius 3 is 2.21 bits per heavy atom. The minimum absolute atomic E-state index is 0.0729. The molecule has 0 aromatic rings. The zero-order valence-electron chi connectivity index (χ0n) is 9.15. The van der Waals surface area contributed by atoms with Crippen LogP contribution in [-0.2, 0) is 18.9 Å². The topological polar surface area (TPSA) is 36.9 Å². The van der Waals surface area contributed by atoms with Gasteiger partial charge in [0.2, 0.25) is 0 Å². The molecule has 0 spiro atoms. The maximum Gasteiger partial charge on any atom is 0.186 e. The molecule has 0 N–H and O–H groups in total. The Kier molecular flexibility index (Phi) is 4.07. The molecule has 82 valence electrons. The van der Waals surface area contributed by atoms with Gasteiger partial charge in [-0.1, -0.05) is 6.58 Å². The van der Waals surface area contributed by atoms with Crippen LogP contribution in [0.3, 0.4) is 0 Å². The van der Waals surface area contributed by atoms with Crippen molar-refractivity contribution in [2.45, 2.75) is 31.5 Å². The van der Waals surface area contributed by atoms with Crippen LogP contribution in [0.25, 0.3) is 0 Å². The lowest BCUT2D eigenvalue weighted by Gasteiger charge is -2.39. The van der Waals surface area contributed by atoms with Crippen molar-refractivity contribution in [3.05, 3.63) is 12.2 Å². The fourth-order valence-corrected chi connectivity index (χ4v) is 1.66. The molecule has 1 rings (SSSR count). The molecule has 1 aliphatic heterocycles. The second kappa shape index (κ2) is 4.89. The monoisotopic (exact) mass is 202 g/mol. The number of hydrogen-bond acceptors (Lipinski definition) is 4. The lowest BCUT2D eigenvalue weighted by molar-refractivity contribution is -0.244. The van der Waals surface area contributed by atoms with Gasteiger partial charge >= 0.3 is 0 Å². The van der Waals surface area contributed by atoms with E-state index < -0.39 is 6.29 Å². The van der Waals surface area contributed by atoms with Gasteiger partial charge in [0.15, 0.2) is 6.29 Å². The average Bonchev–Trinajstić information content (AvgIpc) is 2.20. The molecule has 0 aromatic carbocycles. The first kappa shape index (κ1) is 11.7. The molecule has 0 amide bonds. The highest BCUT2D eigenvalue weighted by Gasteiger charge is 2.40. The predicted octanol–water partition coefficient (Wildman–Crippen LogP) is 0.964. The van der Waals surface area contributed by atoms with Gasteiger partial charge in [-0.05, 0) is 12.5 Å². The Labute approximate surface area is 84.8 Å². The second-order valence-corrected chi connectivity index (χ2v) is 3.31. The lowest BCUT2D eigenvalue weighted by Crippen LogP contribution is -2.51. The van der Waals surface area contributed by atoms with Crippen LogP contribution in [-0.4, -0.2) is 45.9 Å². The summed E-state index contributed by atoms with van der Waals surface area (Å²) in [6.45, 7) is 5.85. The molecule has 0 aliphatic carbocycles. The van der Waals surface area contributed by atoms with E-state index in [2.05, 4.69) is 6.58 Å². The third-order valence-corrected chi connectivity index (χ3v) is 2.55. The molecule has 1 heterocycles. The fraction of sp³-hybridized carbons (Fsp3) is 0.800. The summed E-state index contributed by atoms with van der Waals surface area (Å²) >= 11 is 0. The maximum absolute atomic E-state index is 5.56. The van der Waals surface area contributed by atoms with Gasteiger partial charge in [-0.2, -0.15) is 0 Å². The first-order valence-corrected chi connectivity index (χ1v) is 4.58. The van der Waals surface area contributed by atoms with Crippen LogP contribution in [0.4, 0.5) is 0 Å². The Bertz CT molecular complexity index is 204. The number of rotatable bonds is 3. The van der Waals surface area contributed by atoms with Gasteiger partial charge in [-0.15, -0.1) is 0 Å². The number of ether oxygens (including phenoxy) is 4. The summed E-state index contributed by atoms with van der Waals surface area (Å²) in [7, 11) is 4.83. The molecule has 0 bridgehead atoms. The first-order chi connectivity index (χ1) is 6.65. The quantitative estimate of drug-likeness (QED) is 0.639. The van der Waals surface area contributed by atoms with Gasteiger partial charge in [0.1, 0.15) is 12.2 Å². The Morgan fingerprint density at radius 2 is 1.79 bits per heavy atom. The Balaban J connectivity index is 2.80. The highest BCUT2D eigenvalue weighted by Crippen LogP contribution is 2.28. The van der Waals surface area contributed by atoms with E-state index in [1.165, 1.54) is 0 Å². The molecule has 4 atom stereocenters. The van der Waals surface area contributed by atoms with Crippen molar-refractivity contribution in [2.24, 2.45) is 0 Å². The molecular formula is C10H18O4. The standard InChI is InChI=1S/C10H18O4/c1-6-7(2)14-10(13-5)9(12-4)8(6)11-3/h7-10H,1H2,2-5H3/t7-,8-,9-,10-/m1/s1. The van der Waals surface area contributed by atoms with Crippen molar-refractivity contribution >= 4 is 0 Å². The van der Waals surface area contributed by atoms with Crippen LogP contribution in [0.15, 0.2) is 12.2 Å². The normalized spacial score (nSPS) is 38.7. The van der Waals surface area contributed by atoms with Gasteiger partial charge in [-0.3, -0.25) is 0 Å². The minimum atomic E-state index is -0.398. The minimum Gasteiger partial charge on any atom is -0.374 e. The Hall–Kier alpha value is -0.420. The summed E-state index contributed by atoms with van der Waals surface area (Å²) in [5, 5.41) is 0. The molecular weight excluding hydrogens is 184 g/mol. The second-order valence-electron chi connectivity index (χ2n) is 3.31. The van der Waals surface area contributed by atoms with E-state index in [0.717, 1.165) is 5.57 Å². The third kappa shape index (κ3) is 1.98. The van der Waals surface area contributed by atoms with Crippen LogP contribution in [0.2, 0.25) is 0 Å². The van der Waals surface area contributed by atoms with E-state index in [4.69, 9.17) is 18.9 Å². The summed E-state index contributed by atoms with van der Waals surface area (Å²) in [5.41, 5.74) is 0.882. The van der Waals surface area contributed by atoms with E-state index >= 15 is 0 Å². The summed E-state index contributed by atoms with van der Waals surface area (Å²) in [6, 6.07) is 0. The molecule has 0 aromatic heterocycles. The number of methoxy groups -OCH3 is 3. The largest absolute Gasteiger partial charge is 0.374 e. The van der Waals surface area contributed by atoms with Crippen molar-refractivity contribution in [1.82, 2.24) is 0 Å². The fourth-order valence-electron chi connectivity index (χ4n) is 1.66. The molecule has 0 radical (unpaired) electrons. The van der Waals surface area contributed by atoms with Gasteiger partial charge in [0.05, 0.1) is 6.10 Å². The maximum atomic E-state index is 5.56. The predicted molar refractivity (Wildman–Crippen MR) is 52.1 cm³/mol. The summed E-state index contributed by atoms with van der Waals surface area (Å²) in [5.74, 6) is 0. The van der Waals surface area contributed by atoms with Crippen molar-refractivity contribution in [1.29, 1.82) is 0 Å². The van der Waals surface area contributed by atoms with E-state index in [0.29, 0.717) is 0 Å². The smallest absolute Gasteiger partial charge is 0.186 e. The van der Waals surface area contributed by atoms with Crippen LogP contribution in [0, 0.1) is 0 Å². The molecule has 0 unspecified atom stereocenters. The third-order valence-electron chi connectivity index (χ3n) is 2.55. The van der Waals surface area contributed by atoms with Crippen molar-refractivity contribution < 1.29 is 18.9 Å². The van der Waals surface area contributed by atoms with Crippen LogP contribution in [0.1, 0.15) is 6.92 Å². The molecule has 14 heavy (non-hydrogen) atoms. The summed E-state index contributed by atoms with van der Waals surface area (Å²) in [6.07, 6.45) is -0.899. The zero-order valence-corrected chi connectivity index (χ0v) is 9.15. The van der Waals surface area contributed by atoms with Gasteiger partial charge in [-0.25, -0.2) is 0 Å². The van der Waals surface area contributed by atoms with Gasteiger partial charge in [0, 0.05) is 21.3 Å². The Morgan fingerprint density at radius 1 is 1.14 bits per heavy atom. The SMILES string of the molecule is C=C1[C@@H](OC)[C@@H](OC)[C@H](OC)O[C@@H]1C.